The molecule has 1 aliphatic carbocycles. The van der Waals surface area contributed by atoms with Crippen molar-refractivity contribution in [1.29, 1.82) is 0 Å². The summed E-state index contributed by atoms with van der Waals surface area (Å²) in [5, 5.41) is 20.7. The lowest BCUT2D eigenvalue weighted by Gasteiger charge is -2.29. The molecular formula is C21H20O6. The van der Waals surface area contributed by atoms with Gasteiger partial charge in [0.05, 0.1) is 17.9 Å². The molecule has 4 rings (SSSR count). The van der Waals surface area contributed by atoms with Gasteiger partial charge in [-0.2, -0.15) is 0 Å². The number of Topliss-reactive ketones (excluding diaryl/α,β-unsaturated/α-hetero) is 1. The predicted octanol–water partition coefficient (Wildman–Crippen LogP) is 3.66. The average molecular weight is 368 g/mol. The summed E-state index contributed by atoms with van der Waals surface area (Å²) >= 11 is 0. The summed E-state index contributed by atoms with van der Waals surface area (Å²) in [7, 11) is 0. The van der Waals surface area contributed by atoms with Crippen molar-refractivity contribution in [3.05, 3.63) is 52.5 Å². The van der Waals surface area contributed by atoms with E-state index in [0.29, 0.717) is 11.1 Å². The monoisotopic (exact) mass is 368 g/mol. The number of fused-ring (bicyclic) bond motifs is 2. The smallest absolute Gasteiger partial charge is 0.236 e. The fourth-order valence-electron chi connectivity index (χ4n) is 3.61. The van der Waals surface area contributed by atoms with Gasteiger partial charge in [-0.3, -0.25) is 9.59 Å². The Balaban J connectivity index is 1.86. The fourth-order valence-corrected chi connectivity index (χ4v) is 3.61. The minimum Gasteiger partial charge on any atom is -0.507 e. The molecule has 2 N–H and O–H groups in total. The second-order valence-corrected chi connectivity index (χ2v) is 7.69. The second kappa shape index (κ2) is 5.82. The molecule has 6 heteroatoms. The second-order valence-electron chi connectivity index (χ2n) is 7.69. The van der Waals surface area contributed by atoms with Gasteiger partial charge in [0.25, 0.3) is 0 Å². The highest BCUT2D eigenvalue weighted by atomic mass is 16.5. The van der Waals surface area contributed by atoms with Crippen molar-refractivity contribution in [1.82, 2.24) is 0 Å². The molecule has 2 heterocycles. The lowest BCUT2D eigenvalue weighted by atomic mass is 9.82. The van der Waals surface area contributed by atoms with Crippen LogP contribution in [0.25, 0.3) is 6.08 Å². The molecule has 1 aliphatic heterocycles. The van der Waals surface area contributed by atoms with E-state index in [1.165, 1.54) is 12.3 Å². The first-order valence-corrected chi connectivity index (χ1v) is 8.81. The molecule has 0 spiro atoms. The van der Waals surface area contributed by atoms with Gasteiger partial charge in [0.1, 0.15) is 22.7 Å². The zero-order valence-corrected chi connectivity index (χ0v) is 15.3. The quantitative estimate of drug-likeness (QED) is 0.785. The summed E-state index contributed by atoms with van der Waals surface area (Å²) in [5.41, 5.74) is 0.347. The number of phenolic OH excluding ortho intramolecular Hbond substituents is 1. The summed E-state index contributed by atoms with van der Waals surface area (Å²) in [5.74, 6) is -1.35. The number of hydrogen-bond acceptors (Lipinski definition) is 6. The normalized spacial score (nSPS) is 22.7. The van der Waals surface area contributed by atoms with Gasteiger partial charge in [0.2, 0.25) is 5.78 Å². The van der Waals surface area contributed by atoms with Crippen LogP contribution in [-0.4, -0.2) is 27.4 Å². The number of aromatic hydroxyl groups is 1. The highest BCUT2D eigenvalue weighted by Crippen LogP contribution is 2.42. The topological polar surface area (TPSA) is 97.0 Å². The van der Waals surface area contributed by atoms with Crippen LogP contribution in [-0.2, 0) is 0 Å². The van der Waals surface area contributed by atoms with Gasteiger partial charge in [-0.15, -0.1) is 0 Å². The van der Waals surface area contributed by atoms with Crippen molar-refractivity contribution in [2.75, 3.05) is 0 Å². The van der Waals surface area contributed by atoms with Crippen LogP contribution < -0.4 is 4.74 Å². The molecule has 2 aromatic rings. The highest BCUT2D eigenvalue weighted by Gasteiger charge is 2.38. The Hall–Kier alpha value is -2.86. The van der Waals surface area contributed by atoms with Crippen LogP contribution in [0.15, 0.2) is 28.9 Å². The standard InChI is InChI=1S/C21H20O6/c1-10-8-14(23)15-12(17(10)24)9-26-20(15)18(25)16-13(22)5-4-11-6-7-21(2,3)27-19(11)16/h4-7,9-10,17,22,24H,8H2,1-3H3/t10-,17+/m0/s1. The maximum absolute atomic E-state index is 13.2. The predicted molar refractivity (Wildman–Crippen MR) is 97.1 cm³/mol. The van der Waals surface area contributed by atoms with E-state index in [2.05, 4.69) is 0 Å². The van der Waals surface area contributed by atoms with Gasteiger partial charge in [-0.05, 0) is 38.0 Å². The molecule has 2 aliphatic rings. The molecule has 0 radical (unpaired) electrons. The summed E-state index contributed by atoms with van der Waals surface area (Å²) in [6.45, 7) is 5.43. The molecule has 1 aromatic carbocycles. The van der Waals surface area contributed by atoms with E-state index in [0.717, 1.165) is 0 Å². The van der Waals surface area contributed by atoms with Crippen LogP contribution in [0.1, 0.15) is 70.9 Å². The van der Waals surface area contributed by atoms with Crippen molar-refractivity contribution < 1.29 is 29.0 Å². The number of carbonyl (C=O) groups excluding carboxylic acids is 2. The van der Waals surface area contributed by atoms with Crippen LogP contribution in [0, 0.1) is 5.92 Å². The molecule has 0 saturated carbocycles. The Morgan fingerprint density at radius 2 is 2.04 bits per heavy atom. The molecule has 0 unspecified atom stereocenters. The number of benzene rings is 1. The Morgan fingerprint density at radius 1 is 1.30 bits per heavy atom. The zero-order chi connectivity index (χ0) is 19.5. The van der Waals surface area contributed by atoms with Crippen LogP contribution in [0.3, 0.4) is 0 Å². The van der Waals surface area contributed by atoms with E-state index >= 15 is 0 Å². The third-order valence-electron chi connectivity index (χ3n) is 5.09. The molecule has 0 bridgehead atoms. The Labute approximate surface area is 156 Å². The molecule has 6 nitrogen and oxygen atoms in total. The maximum Gasteiger partial charge on any atom is 0.236 e. The molecule has 0 amide bonds. The van der Waals surface area contributed by atoms with Crippen molar-refractivity contribution in [2.24, 2.45) is 5.92 Å². The first kappa shape index (κ1) is 17.5. The first-order valence-electron chi connectivity index (χ1n) is 8.81. The third-order valence-corrected chi connectivity index (χ3v) is 5.09. The van der Waals surface area contributed by atoms with Gasteiger partial charge in [-0.25, -0.2) is 0 Å². The van der Waals surface area contributed by atoms with Gasteiger partial charge in [0, 0.05) is 17.5 Å². The van der Waals surface area contributed by atoms with E-state index < -0.39 is 17.5 Å². The number of ether oxygens (including phenoxy) is 1. The summed E-state index contributed by atoms with van der Waals surface area (Å²) in [4.78, 5) is 25.7. The fraction of sp³-hybridized carbons (Fsp3) is 0.333. The zero-order valence-electron chi connectivity index (χ0n) is 15.3. The van der Waals surface area contributed by atoms with Gasteiger partial charge < -0.3 is 19.4 Å². The molecular weight excluding hydrogens is 348 g/mol. The van der Waals surface area contributed by atoms with Crippen LogP contribution >= 0.6 is 0 Å². The van der Waals surface area contributed by atoms with E-state index in [4.69, 9.17) is 9.15 Å². The third kappa shape index (κ3) is 2.68. The van der Waals surface area contributed by atoms with Crippen molar-refractivity contribution in [3.8, 4) is 11.5 Å². The average Bonchev–Trinajstić information content (AvgIpc) is 3.04. The minimum absolute atomic E-state index is 0.0528. The summed E-state index contributed by atoms with van der Waals surface area (Å²) < 4.78 is 11.3. The van der Waals surface area contributed by atoms with Crippen LogP contribution in [0.2, 0.25) is 0 Å². The van der Waals surface area contributed by atoms with E-state index in [1.54, 1.807) is 13.0 Å². The molecule has 27 heavy (non-hydrogen) atoms. The number of aliphatic hydroxyl groups excluding tert-OH is 1. The number of carbonyl (C=O) groups is 2. The summed E-state index contributed by atoms with van der Waals surface area (Å²) in [6.07, 6.45) is 4.18. The first-order chi connectivity index (χ1) is 12.7. The van der Waals surface area contributed by atoms with Gasteiger partial charge in [0.15, 0.2) is 11.5 Å². The van der Waals surface area contributed by atoms with E-state index in [9.17, 15) is 19.8 Å². The number of furan rings is 1. The highest BCUT2D eigenvalue weighted by molar-refractivity contribution is 6.17. The number of ketones is 2. The number of aliphatic hydroxyl groups is 1. The SMILES string of the molecule is C[C@H]1CC(=O)c2c(coc2C(=O)c2c(O)ccc3c2OC(C)(C)C=C3)[C@@H]1O. The lowest BCUT2D eigenvalue weighted by Crippen LogP contribution is -2.29. The Morgan fingerprint density at radius 3 is 2.78 bits per heavy atom. The number of rotatable bonds is 2. The summed E-state index contributed by atoms with van der Waals surface area (Å²) in [6, 6.07) is 3.06. The largest absolute Gasteiger partial charge is 0.507 e. The maximum atomic E-state index is 13.2. The molecule has 0 saturated heterocycles. The molecule has 2 atom stereocenters. The van der Waals surface area contributed by atoms with Gasteiger partial charge >= 0.3 is 0 Å². The molecule has 0 fully saturated rings. The lowest BCUT2D eigenvalue weighted by molar-refractivity contribution is 0.0750. The van der Waals surface area contributed by atoms with Crippen LogP contribution in [0.4, 0.5) is 0 Å². The minimum atomic E-state index is -0.876. The van der Waals surface area contributed by atoms with Crippen molar-refractivity contribution >= 4 is 17.6 Å². The van der Waals surface area contributed by atoms with Gasteiger partial charge in [-0.1, -0.05) is 13.0 Å². The van der Waals surface area contributed by atoms with Crippen molar-refractivity contribution in [3.63, 3.8) is 0 Å². The molecule has 1 aromatic heterocycles. The Bertz CT molecular complexity index is 994. The number of hydrogen-bond donors (Lipinski definition) is 2. The van der Waals surface area contributed by atoms with E-state index in [1.807, 2.05) is 26.0 Å². The van der Waals surface area contributed by atoms with Crippen molar-refractivity contribution in [2.45, 2.75) is 38.9 Å². The van der Waals surface area contributed by atoms with E-state index in [-0.39, 0.29) is 46.5 Å². The number of phenols is 1. The Kier molecular flexibility index (Phi) is 3.78. The molecule has 140 valence electrons. The van der Waals surface area contributed by atoms with Crippen LogP contribution in [0.5, 0.6) is 11.5 Å².